The van der Waals surface area contributed by atoms with E-state index in [0.717, 1.165) is 5.56 Å². The molecule has 0 bridgehead atoms. The number of nitrogens with zero attached hydrogens (tertiary/aromatic N) is 2. The first-order valence-corrected chi connectivity index (χ1v) is 5.36. The molecule has 2 rings (SSSR count). The normalized spacial score (nSPS) is 11.6. The second kappa shape index (κ2) is 4.40. The van der Waals surface area contributed by atoms with Crippen LogP contribution in [0.5, 0.6) is 0 Å². The molecule has 94 valence electrons. The number of halogens is 3. The molecule has 0 aliphatic carbocycles. The lowest BCUT2D eigenvalue weighted by atomic mass is 10.1. The van der Waals surface area contributed by atoms with E-state index in [0.29, 0.717) is 17.0 Å². The van der Waals surface area contributed by atoms with Crippen LogP contribution in [0, 0.1) is 13.8 Å². The maximum Gasteiger partial charge on any atom is 0.451 e. The third kappa shape index (κ3) is 2.67. The molecule has 2 nitrogen and oxygen atoms in total. The first-order valence-electron chi connectivity index (χ1n) is 5.36. The van der Waals surface area contributed by atoms with Crippen molar-refractivity contribution < 1.29 is 13.2 Å². The highest BCUT2D eigenvalue weighted by Crippen LogP contribution is 2.28. The molecule has 18 heavy (non-hydrogen) atoms. The van der Waals surface area contributed by atoms with Gasteiger partial charge in [-0.05, 0) is 26.0 Å². The molecule has 0 radical (unpaired) electrons. The second-order valence-corrected chi connectivity index (χ2v) is 4.09. The standard InChI is InChI=1S/C13H11F3N2/c1-8-4-3-5-10(6-8)11-7-9(2)17-12(18-11)13(14,15)16/h3-7H,1-2H3. The van der Waals surface area contributed by atoms with E-state index in [4.69, 9.17) is 0 Å². The average molecular weight is 252 g/mol. The van der Waals surface area contributed by atoms with Gasteiger partial charge in [0.2, 0.25) is 5.82 Å². The second-order valence-electron chi connectivity index (χ2n) is 4.09. The highest BCUT2D eigenvalue weighted by Gasteiger charge is 2.35. The van der Waals surface area contributed by atoms with Crippen molar-refractivity contribution in [1.29, 1.82) is 0 Å². The van der Waals surface area contributed by atoms with Crippen molar-refractivity contribution in [3.63, 3.8) is 0 Å². The molecular formula is C13H11F3N2. The van der Waals surface area contributed by atoms with Crippen molar-refractivity contribution in [1.82, 2.24) is 9.97 Å². The monoisotopic (exact) mass is 252 g/mol. The molecule has 0 N–H and O–H groups in total. The van der Waals surface area contributed by atoms with Crippen molar-refractivity contribution in [2.45, 2.75) is 20.0 Å². The van der Waals surface area contributed by atoms with Gasteiger partial charge in [0.1, 0.15) is 0 Å². The van der Waals surface area contributed by atoms with Gasteiger partial charge < -0.3 is 0 Å². The van der Waals surface area contributed by atoms with E-state index in [1.807, 2.05) is 13.0 Å². The maximum absolute atomic E-state index is 12.6. The Morgan fingerprint density at radius 3 is 2.33 bits per heavy atom. The predicted molar refractivity (Wildman–Crippen MR) is 61.9 cm³/mol. The summed E-state index contributed by atoms with van der Waals surface area (Å²) in [6.45, 7) is 3.40. The van der Waals surface area contributed by atoms with Gasteiger partial charge in [0, 0.05) is 11.3 Å². The van der Waals surface area contributed by atoms with Crippen molar-refractivity contribution >= 4 is 0 Å². The molecular weight excluding hydrogens is 241 g/mol. The van der Waals surface area contributed by atoms with Crippen molar-refractivity contribution in [2.24, 2.45) is 0 Å². The molecule has 1 aromatic heterocycles. The average Bonchev–Trinajstić information content (AvgIpc) is 2.27. The molecule has 0 unspecified atom stereocenters. The first-order chi connectivity index (χ1) is 8.36. The maximum atomic E-state index is 12.6. The number of benzene rings is 1. The summed E-state index contributed by atoms with van der Waals surface area (Å²) < 4.78 is 37.9. The van der Waals surface area contributed by atoms with Gasteiger partial charge in [0.05, 0.1) is 5.69 Å². The number of aryl methyl sites for hydroxylation is 2. The Hall–Kier alpha value is -1.91. The lowest BCUT2D eigenvalue weighted by molar-refractivity contribution is -0.145. The van der Waals surface area contributed by atoms with Crippen molar-refractivity contribution in [3.8, 4) is 11.3 Å². The SMILES string of the molecule is Cc1cccc(-c2cc(C)nc(C(F)(F)F)n2)c1. The van der Waals surface area contributed by atoms with Gasteiger partial charge in [-0.3, -0.25) is 0 Å². The van der Waals surface area contributed by atoms with Crippen LogP contribution in [0.3, 0.4) is 0 Å². The van der Waals surface area contributed by atoms with Gasteiger partial charge in [-0.1, -0.05) is 23.8 Å². The van der Waals surface area contributed by atoms with Crippen LogP contribution in [0.2, 0.25) is 0 Å². The quantitative estimate of drug-likeness (QED) is 0.771. The number of rotatable bonds is 1. The zero-order valence-corrected chi connectivity index (χ0v) is 9.92. The highest BCUT2D eigenvalue weighted by atomic mass is 19.4. The lowest BCUT2D eigenvalue weighted by Crippen LogP contribution is -2.12. The molecule has 0 amide bonds. The smallest absolute Gasteiger partial charge is 0.230 e. The van der Waals surface area contributed by atoms with Crippen LogP contribution in [-0.2, 0) is 6.18 Å². The molecule has 0 fully saturated rings. The van der Waals surface area contributed by atoms with E-state index >= 15 is 0 Å². The summed E-state index contributed by atoms with van der Waals surface area (Å²) in [4.78, 5) is 7.00. The fraction of sp³-hybridized carbons (Fsp3) is 0.231. The molecule has 1 heterocycles. The van der Waals surface area contributed by atoms with E-state index in [-0.39, 0.29) is 0 Å². The minimum absolute atomic E-state index is 0.290. The Kier molecular flexibility index (Phi) is 3.07. The summed E-state index contributed by atoms with van der Waals surface area (Å²) in [7, 11) is 0. The summed E-state index contributed by atoms with van der Waals surface area (Å²) in [5, 5.41) is 0. The number of hydrogen-bond donors (Lipinski definition) is 0. The van der Waals surface area contributed by atoms with Gasteiger partial charge in [0.25, 0.3) is 0 Å². The van der Waals surface area contributed by atoms with Crippen LogP contribution >= 0.6 is 0 Å². The first kappa shape index (κ1) is 12.5. The van der Waals surface area contributed by atoms with Crippen molar-refractivity contribution in [2.75, 3.05) is 0 Å². The topological polar surface area (TPSA) is 25.8 Å². The van der Waals surface area contributed by atoms with Gasteiger partial charge in [-0.15, -0.1) is 0 Å². The largest absolute Gasteiger partial charge is 0.451 e. The van der Waals surface area contributed by atoms with Crippen LogP contribution in [0.4, 0.5) is 13.2 Å². The Bertz CT molecular complexity index is 577. The minimum Gasteiger partial charge on any atom is -0.230 e. The Morgan fingerprint density at radius 2 is 1.72 bits per heavy atom. The van der Waals surface area contributed by atoms with E-state index in [1.165, 1.54) is 6.92 Å². The van der Waals surface area contributed by atoms with E-state index in [1.54, 1.807) is 24.3 Å². The Labute approximate surface area is 103 Å². The van der Waals surface area contributed by atoms with Crippen LogP contribution in [0.1, 0.15) is 17.1 Å². The van der Waals surface area contributed by atoms with E-state index in [9.17, 15) is 13.2 Å². The lowest BCUT2D eigenvalue weighted by Gasteiger charge is -2.09. The van der Waals surface area contributed by atoms with Gasteiger partial charge in [-0.25, -0.2) is 9.97 Å². The van der Waals surface area contributed by atoms with Gasteiger partial charge in [-0.2, -0.15) is 13.2 Å². The summed E-state index contributed by atoms with van der Waals surface area (Å²) in [5.41, 5.74) is 2.22. The zero-order chi connectivity index (χ0) is 13.3. The third-order valence-electron chi connectivity index (χ3n) is 2.42. The molecule has 0 saturated heterocycles. The van der Waals surface area contributed by atoms with Crippen LogP contribution in [-0.4, -0.2) is 9.97 Å². The number of aromatic nitrogens is 2. The molecule has 1 aromatic carbocycles. The minimum atomic E-state index is -4.52. The zero-order valence-electron chi connectivity index (χ0n) is 9.92. The Balaban J connectivity index is 2.55. The molecule has 0 atom stereocenters. The van der Waals surface area contributed by atoms with Crippen LogP contribution in [0.25, 0.3) is 11.3 Å². The molecule has 0 saturated carbocycles. The highest BCUT2D eigenvalue weighted by molar-refractivity contribution is 5.60. The number of hydrogen-bond acceptors (Lipinski definition) is 2. The van der Waals surface area contributed by atoms with Crippen molar-refractivity contribution in [3.05, 3.63) is 47.4 Å². The molecule has 0 aliphatic heterocycles. The predicted octanol–water partition coefficient (Wildman–Crippen LogP) is 3.78. The molecule has 0 aliphatic rings. The van der Waals surface area contributed by atoms with Crippen LogP contribution < -0.4 is 0 Å². The fourth-order valence-electron chi connectivity index (χ4n) is 1.65. The number of alkyl halides is 3. The van der Waals surface area contributed by atoms with Gasteiger partial charge >= 0.3 is 6.18 Å². The summed E-state index contributed by atoms with van der Waals surface area (Å²) in [5.74, 6) is -1.10. The molecule has 2 aromatic rings. The Morgan fingerprint density at radius 1 is 1.00 bits per heavy atom. The van der Waals surface area contributed by atoms with E-state index < -0.39 is 12.0 Å². The van der Waals surface area contributed by atoms with E-state index in [2.05, 4.69) is 9.97 Å². The molecule has 0 spiro atoms. The molecule has 5 heteroatoms. The summed E-state index contributed by atoms with van der Waals surface area (Å²) >= 11 is 0. The fourth-order valence-corrected chi connectivity index (χ4v) is 1.65. The van der Waals surface area contributed by atoms with Gasteiger partial charge in [0.15, 0.2) is 0 Å². The van der Waals surface area contributed by atoms with Crippen LogP contribution in [0.15, 0.2) is 30.3 Å². The summed E-state index contributed by atoms with van der Waals surface area (Å²) in [6, 6.07) is 8.73. The summed E-state index contributed by atoms with van der Waals surface area (Å²) in [6.07, 6.45) is -4.52. The third-order valence-corrected chi connectivity index (χ3v) is 2.42.